The van der Waals surface area contributed by atoms with Crippen molar-refractivity contribution >= 4 is 5.97 Å². The van der Waals surface area contributed by atoms with Crippen molar-refractivity contribution in [2.75, 3.05) is 0 Å². The first kappa shape index (κ1) is 12.4. The molecule has 0 aliphatic carbocycles. The fourth-order valence-electron chi connectivity index (χ4n) is 1.41. The summed E-state index contributed by atoms with van der Waals surface area (Å²) in [5.41, 5.74) is 0.815. The predicted octanol–water partition coefficient (Wildman–Crippen LogP) is 2.02. The van der Waals surface area contributed by atoms with Gasteiger partial charge in [-0.05, 0) is 17.0 Å². The highest BCUT2D eigenvalue weighted by atomic mass is 16.4. The van der Waals surface area contributed by atoms with Crippen LogP contribution in [0.15, 0.2) is 12.1 Å². The smallest absolute Gasteiger partial charge is 0.307 e. The summed E-state index contributed by atoms with van der Waals surface area (Å²) in [5, 5.41) is 27.7. The maximum Gasteiger partial charge on any atom is 0.307 e. The lowest BCUT2D eigenvalue weighted by molar-refractivity contribution is -0.136. The highest BCUT2D eigenvalue weighted by Gasteiger charge is 2.19. The summed E-state index contributed by atoms with van der Waals surface area (Å²) in [6.45, 7) is 5.84. The Kier molecular flexibility index (Phi) is 3.12. The molecule has 0 fully saturated rings. The number of carboxylic acid groups (broad SMARTS) is 1. The maximum absolute atomic E-state index is 10.6. The van der Waals surface area contributed by atoms with Crippen LogP contribution < -0.4 is 0 Å². The summed E-state index contributed by atoms with van der Waals surface area (Å²) in [4.78, 5) is 10.6. The summed E-state index contributed by atoms with van der Waals surface area (Å²) in [7, 11) is 0. The van der Waals surface area contributed by atoms with Gasteiger partial charge in [-0.25, -0.2) is 0 Å². The molecule has 1 rings (SSSR count). The third kappa shape index (κ3) is 2.66. The topological polar surface area (TPSA) is 77.8 Å². The van der Waals surface area contributed by atoms with Crippen molar-refractivity contribution in [2.45, 2.75) is 32.6 Å². The first-order chi connectivity index (χ1) is 7.21. The van der Waals surface area contributed by atoms with Gasteiger partial charge >= 0.3 is 5.97 Å². The molecule has 1 aromatic rings. The third-order valence-electron chi connectivity index (χ3n) is 2.38. The Balaban J connectivity index is 3.27. The Morgan fingerprint density at radius 3 is 2.25 bits per heavy atom. The van der Waals surface area contributed by atoms with Crippen LogP contribution in [0.3, 0.4) is 0 Å². The molecule has 16 heavy (non-hydrogen) atoms. The molecule has 0 heterocycles. The summed E-state index contributed by atoms with van der Waals surface area (Å²) in [5.74, 6) is -1.67. The molecule has 0 amide bonds. The van der Waals surface area contributed by atoms with Gasteiger partial charge in [-0.1, -0.05) is 26.8 Å². The van der Waals surface area contributed by atoms with Crippen LogP contribution in [0.5, 0.6) is 11.5 Å². The Hall–Kier alpha value is -1.71. The SMILES string of the molecule is CC(C)(C)c1cc(O)c(O)c(CC(=O)O)c1. The van der Waals surface area contributed by atoms with Crippen LogP contribution in [-0.4, -0.2) is 21.3 Å². The zero-order valence-electron chi connectivity index (χ0n) is 9.61. The molecule has 0 atom stereocenters. The number of benzene rings is 1. The van der Waals surface area contributed by atoms with Crippen LogP contribution >= 0.6 is 0 Å². The minimum atomic E-state index is -1.04. The molecule has 0 bridgehead atoms. The summed E-state index contributed by atoms with van der Waals surface area (Å²) in [6, 6.07) is 3.07. The Labute approximate surface area is 94.2 Å². The number of aromatic hydroxyl groups is 2. The molecular weight excluding hydrogens is 208 g/mol. The molecule has 4 heteroatoms. The summed E-state index contributed by atoms with van der Waals surface area (Å²) < 4.78 is 0. The number of phenolic OH excluding ortho intramolecular Hbond substituents is 2. The van der Waals surface area contributed by atoms with E-state index < -0.39 is 5.97 Å². The average Bonchev–Trinajstić information content (AvgIpc) is 2.10. The van der Waals surface area contributed by atoms with E-state index in [9.17, 15) is 15.0 Å². The zero-order chi connectivity index (χ0) is 12.5. The minimum Gasteiger partial charge on any atom is -0.504 e. The van der Waals surface area contributed by atoms with E-state index in [0.717, 1.165) is 5.56 Å². The number of hydrogen-bond donors (Lipinski definition) is 3. The van der Waals surface area contributed by atoms with Crippen molar-refractivity contribution in [1.82, 2.24) is 0 Å². The van der Waals surface area contributed by atoms with Crippen molar-refractivity contribution in [3.05, 3.63) is 23.3 Å². The van der Waals surface area contributed by atoms with E-state index in [1.54, 1.807) is 6.07 Å². The van der Waals surface area contributed by atoms with Crippen molar-refractivity contribution in [3.8, 4) is 11.5 Å². The van der Waals surface area contributed by atoms with Crippen molar-refractivity contribution < 1.29 is 20.1 Å². The highest BCUT2D eigenvalue weighted by molar-refractivity contribution is 5.72. The average molecular weight is 224 g/mol. The number of carbonyl (C=O) groups is 1. The van der Waals surface area contributed by atoms with Gasteiger partial charge in [-0.15, -0.1) is 0 Å². The van der Waals surface area contributed by atoms with Gasteiger partial charge in [0.25, 0.3) is 0 Å². The Bertz CT molecular complexity index is 416. The molecule has 0 saturated heterocycles. The normalized spacial score (nSPS) is 11.4. The largest absolute Gasteiger partial charge is 0.504 e. The predicted molar refractivity (Wildman–Crippen MR) is 59.8 cm³/mol. The lowest BCUT2D eigenvalue weighted by Gasteiger charge is -2.20. The molecule has 4 nitrogen and oxygen atoms in total. The molecule has 0 aliphatic rings. The molecule has 0 aromatic heterocycles. The van der Waals surface area contributed by atoms with E-state index in [0.29, 0.717) is 0 Å². The summed E-state index contributed by atoms with van der Waals surface area (Å²) >= 11 is 0. The van der Waals surface area contributed by atoms with Crippen LogP contribution in [0.2, 0.25) is 0 Å². The van der Waals surface area contributed by atoms with E-state index in [4.69, 9.17) is 5.11 Å². The van der Waals surface area contributed by atoms with Crippen LogP contribution in [0.1, 0.15) is 31.9 Å². The second-order valence-corrected chi connectivity index (χ2v) is 4.82. The quantitative estimate of drug-likeness (QED) is 0.671. The first-order valence-corrected chi connectivity index (χ1v) is 4.99. The molecule has 3 N–H and O–H groups in total. The highest BCUT2D eigenvalue weighted by Crippen LogP contribution is 2.35. The fraction of sp³-hybridized carbons (Fsp3) is 0.417. The molecule has 1 aromatic carbocycles. The lowest BCUT2D eigenvalue weighted by atomic mass is 9.85. The number of rotatable bonds is 2. The van der Waals surface area contributed by atoms with Gasteiger partial charge in [0, 0.05) is 5.56 Å². The molecule has 0 aliphatic heterocycles. The van der Waals surface area contributed by atoms with Gasteiger partial charge in [0.2, 0.25) is 0 Å². The van der Waals surface area contributed by atoms with Gasteiger partial charge in [0.15, 0.2) is 11.5 Å². The Morgan fingerprint density at radius 1 is 1.25 bits per heavy atom. The number of aliphatic carboxylic acids is 1. The fourth-order valence-corrected chi connectivity index (χ4v) is 1.41. The van der Waals surface area contributed by atoms with Gasteiger partial charge in [0.1, 0.15) is 0 Å². The Morgan fingerprint density at radius 2 is 1.81 bits per heavy atom. The molecule has 0 spiro atoms. The van der Waals surface area contributed by atoms with E-state index in [1.807, 2.05) is 20.8 Å². The van der Waals surface area contributed by atoms with Crippen molar-refractivity contribution in [1.29, 1.82) is 0 Å². The van der Waals surface area contributed by atoms with Crippen LogP contribution in [0.4, 0.5) is 0 Å². The first-order valence-electron chi connectivity index (χ1n) is 4.99. The van der Waals surface area contributed by atoms with E-state index in [1.165, 1.54) is 6.07 Å². The number of phenols is 2. The third-order valence-corrected chi connectivity index (χ3v) is 2.38. The van der Waals surface area contributed by atoms with Crippen LogP contribution in [0.25, 0.3) is 0 Å². The minimum absolute atomic E-state index is 0.210. The van der Waals surface area contributed by atoms with E-state index >= 15 is 0 Å². The number of carboxylic acids is 1. The summed E-state index contributed by atoms with van der Waals surface area (Å²) in [6.07, 6.45) is -0.302. The van der Waals surface area contributed by atoms with E-state index in [-0.39, 0.29) is 28.9 Å². The van der Waals surface area contributed by atoms with E-state index in [2.05, 4.69) is 0 Å². The molecular formula is C12H16O4. The van der Waals surface area contributed by atoms with Gasteiger partial charge in [0.05, 0.1) is 6.42 Å². The monoisotopic (exact) mass is 224 g/mol. The lowest BCUT2D eigenvalue weighted by Crippen LogP contribution is -2.12. The standard InChI is InChI=1S/C12H16O4/c1-12(2,3)8-4-7(5-10(14)15)11(16)9(13)6-8/h4,6,13,16H,5H2,1-3H3,(H,14,15). The van der Waals surface area contributed by atoms with Gasteiger partial charge in [-0.3, -0.25) is 4.79 Å². The molecule has 0 saturated carbocycles. The molecule has 0 unspecified atom stereocenters. The van der Waals surface area contributed by atoms with Crippen molar-refractivity contribution in [2.24, 2.45) is 0 Å². The van der Waals surface area contributed by atoms with Crippen LogP contribution in [0, 0.1) is 0 Å². The second-order valence-electron chi connectivity index (χ2n) is 4.82. The number of hydrogen-bond acceptors (Lipinski definition) is 3. The van der Waals surface area contributed by atoms with Gasteiger partial charge < -0.3 is 15.3 Å². The van der Waals surface area contributed by atoms with Crippen LogP contribution in [-0.2, 0) is 16.6 Å². The second kappa shape index (κ2) is 4.04. The molecule has 88 valence electrons. The maximum atomic E-state index is 10.6. The zero-order valence-corrected chi connectivity index (χ0v) is 9.61. The molecule has 0 radical (unpaired) electrons. The van der Waals surface area contributed by atoms with Crippen molar-refractivity contribution in [3.63, 3.8) is 0 Å². The van der Waals surface area contributed by atoms with Gasteiger partial charge in [-0.2, -0.15) is 0 Å².